The maximum Gasteiger partial charge on any atom is 0.475 e. The molecule has 0 radical (unpaired) electrons. The quantitative estimate of drug-likeness (QED) is 0.0881. The Morgan fingerprint density at radius 1 is 0.651 bits per heavy atom. The highest BCUT2D eigenvalue weighted by molar-refractivity contribution is 7.48. The van der Waals surface area contributed by atoms with Crippen molar-refractivity contribution in [2.75, 3.05) is 19.8 Å². The largest absolute Gasteiger partial charge is 0.475 e. The average molecular weight is 1020 g/mol. The molecule has 0 aromatic carbocycles. The summed E-state index contributed by atoms with van der Waals surface area (Å²) in [5.74, 6) is 0. The molecule has 0 spiro atoms. The Hall–Kier alpha value is -1.25. The number of aromatic nitrogens is 4. The highest BCUT2D eigenvalue weighted by atomic mass is 35.6. The molecular weight excluding hydrogens is 958 g/mol. The van der Waals surface area contributed by atoms with E-state index in [0.29, 0.717) is 0 Å². The number of hydrogen-bond donors (Lipinski definition) is 3. The number of phosphoric ester groups is 1. The summed E-state index contributed by atoms with van der Waals surface area (Å²) in [5, 5.41) is 9.64. The molecule has 18 nitrogen and oxygen atoms in total. The lowest BCUT2D eigenvalue weighted by Crippen LogP contribution is -2.54. The number of H-pyrrole nitrogens is 2. The normalized spacial score (nSPS) is 26.6. The van der Waals surface area contributed by atoms with Crippen LogP contribution in [0, 0.1) is 0 Å². The van der Waals surface area contributed by atoms with Crippen LogP contribution >= 0.6 is 42.6 Å². The minimum Gasteiger partial charge on any atom is -0.408 e. The first-order chi connectivity index (χ1) is 28.4. The first-order valence-electron chi connectivity index (χ1n) is 20.6. The summed E-state index contributed by atoms with van der Waals surface area (Å²) in [6.45, 7) is 28.2. The van der Waals surface area contributed by atoms with E-state index < -0.39 is 133 Å². The summed E-state index contributed by atoms with van der Waals surface area (Å²) in [7, 11) is -13.2. The molecule has 2 aromatic rings. The van der Waals surface area contributed by atoms with E-state index in [2.05, 4.69) is 51.5 Å². The van der Waals surface area contributed by atoms with Gasteiger partial charge in [-0.05, 0) is 54.4 Å². The molecule has 0 aliphatic carbocycles. The maximum atomic E-state index is 15.2. The maximum absolute atomic E-state index is 15.2. The molecule has 0 saturated carbocycles. The van der Waals surface area contributed by atoms with E-state index in [-0.39, 0.29) is 10.1 Å². The van der Waals surface area contributed by atoms with Crippen LogP contribution in [-0.4, -0.2) is 109 Å². The zero-order chi connectivity index (χ0) is 48.1. The molecule has 4 rings (SSSR count). The second-order valence-corrected chi connectivity index (χ2v) is 39.0. The van der Waals surface area contributed by atoms with Gasteiger partial charge in [0.25, 0.3) is 11.1 Å². The molecular formula is C38H66Cl3N4O14PSi3. The number of aliphatic hydroxyl groups excluding tert-OH is 1. The zero-order valence-electron chi connectivity index (χ0n) is 38.8. The van der Waals surface area contributed by atoms with E-state index in [4.69, 9.17) is 71.1 Å². The van der Waals surface area contributed by atoms with Gasteiger partial charge in [0.05, 0.1) is 13.2 Å². The molecule has 2 aromatic heterocycles. The first kappa shape index (κ1) is 54.4. The van der Waals surface area contributed by atoms with Gasteiger partial charge >= 0.3 is 19.2 Å². The molecule has 9 atom stereocenters. The van der Waals surface area contributed by atoms with Crippen molar-refractivity contribution in [3.05, 3.63) is 66.2 Å². The number of alkyl halides is 3. The van der Waals surface area contributed by atoms with Gasteiger partial charge in [0.1, 0.15) is 43.2 Å². The van der Waals surface area contributed by atoms with E-state index in [9.17, 15) is 24.3 Å². The fourth-order valence-electron chi connectivity index (χ4n) is 6.04. The van der Waals surface area contributed by atoms with Crippen LogP contribution < -0.4 is 22.5 Å². The van der Waals surface area contributed by atoms with Crippen LogP contribution in [0.25, 0.3) is 0 Å². The summed E-state index contributed by atoms with van der Waals surface area (Å²) in [6, 6.07) is 2.31. The molecule has 2 fully saturated rings. The summed E-state index contributed by atoms with van der Waals surface area (Å²) < 4.78 is 67.3. The van der Waals surface area contributed by atoms with Crippen LogP contribution in [0.5, 0.6) is 0 Å². The number of phosphoric acid groups is 1. The second kappa shape index (κ2) is 19.4. The monoisotopic (exact) mass is 1020 g/mol. The Bertz CT molecular complexity index is 2200. The Morgan fingerprint density at radius 3 is 1.40 bits per heavy atom. The fraction of sp³-hybridized carbons (Fsp3) is 0.789. The van der Waals surface area contributed by atoms with Gasteiger partial charge in [0, 0.05) is 24.5 Å². The molecule has 0 amide bonds. The number of hydrogen-bond acceptors (Lipinski definition) is 14. The molecule has 0 bridgehead atoms. The minimum absolute atomic E-state index is 0.314. The Balaban J connectivity index is 1.86. The third kappa shape index (κ3) is 13.1. The van der Waals surface area contributed by atoms with Crippen LogP contribution in [0.3, 0.4) is 0 Å². The SMILES string of the molecule is CC(C)(C)[Si](C)(C)O[C@@H]1[C@H](O[Si](C)(C)C(C)(C)C)[C@@H](COP(=O)(OCC(Cl)(Cl)Cl)O[C@@H]2C(CO)O[C@@H](n3ccc(=O)[nH]c3=O)[C@@H]2O[Si](C)(C)C(C)(C)C)O[C@H]1n1ccc(=O)[nH]c1=O. The van der Waals surface area contributed by atoms with E-state index >= 15 is 4.57 Å². The number of nitrogens with zero attached hydrogens (tertiary/aromatic N) is 2. The van der Waals surface area contributed by atoms with Crippen LogP contribution in [-0.2, 0) is 40.9 Å². The molecule has 3 N–H and O–H groups in total. The van der Waals surface area contributed by atoms with Crippen molar-refractivity contribution in [3.63, 3.8) is 0 Å². The summed E-state index contributed by atoms with van der Waals surface area (Å²) in [5.41, 5.74) is -2.87. The van der Waals surface area contributed by atoms with Crippen molar-refractivity contribution >= 4 is 67.6 Å². The fourth-order valence-corrected chi connectivity index (χ4v) is 11.7. The van der Waals surface area contributed by atoms with E-state index in [1.54, 1.807) is 0 Å². The summed E-state index contributed by atoms with van der Waals surface area (Å²) in [4.78, 5) is 55.3. The number of ether oxygens (including phenoxy) is 2. The Labute approximate surface area is 386 Å². The smallest absolute Gasteiger partial charge is 0.408 e. The van der Waals surface area contributed by atoms with Gasteiger partial charge in [-0.2, -0.15) is 0 Å². The molecule has 4 heterocycles. The van der Waals surface area contributed by atoms with E-state index in [1.807, 2.05) is 60.1 Å². The van der Waals surface area contributed by atoms with Crippen molar-refractivity contribution in [2.45, 2.75) is 170 Å². The predicted octanol–water partition coefficient (Wildman–Crippen LogP) is 6.94. The number of nitrogens with one attached hydrogen (secondary N) is 2. The summed E-state index contributed by atoms with van der Waals surface area (Å²) >= 11 is 18.4. The van der Waals surface area contributed by atoms with Gasteiger partial charge in [-0.3, -0.25) is 42.3 Å². The topological polar surface area (TPSA) is 221 Å². The molecule has 2 aliphatic heterocycles. The van der Waals surface area contributed by atoms with Crippen LogP contribution in [0.4, 0.5) is 0 Å². The highest BCUT2D eigenvalue weighted by Gasteiger charge is 2.57. The van der Waals surface area contributed by atoms with Crippen molar-refractivity contribution in [1.82, 2.24) is 19.1 Å². The van der Waals surface area contributed by atoms with Gasteiger partial charge in [-0.15, -0.1) is 0 Å². The highest BCUT2D eigenvalue weighted by Crippen LogP contribution is 2.56. The molecule has 25 heteroatoms. The van der Waals surface area contributed by atoms with Gasteiger partial charge in [-0.1, -0.05) is 97.1 Å². The first-order valence-corrected chi connectivity index (χ1v) is 32.0. The van der Waals surface area contributed by atoms with Crippen LogP contribution in [0.2, 0.25) is 54.4 Å². The van der Waals surface area contributed by atoms with Crippen LogP contribution in [0.15, 0.2) is 43.7 Å². The Morgan fingerprint density at radius 2 is 1.03 bits per heavy atom. The van der Waals surface area contributed by atoms with Crippen molar-refractivity contribution in [1.29, 1.82) is 0 Å². The van der Waals surface area contributed by atoms with Gasteiger partial charge in [-0.25, -0.2) is 14.2 Å². The molecule has 63 heavy (non-hydrogen) atoms. The Kier molecular flexibility index (Phi) is 16.7. The number of rotatable bonds is 16. The van der Waals surface area contributed by atoms with E-state index in [0.717, 1.165) is 10.6 Å². The number of aliphatic hydroxyl groups is 1. The van der Waals surface area contributed by atoms with Gasteiger partial charge in [0.15, 0.2) is 37.4 Å². The molecule has 2 unspecified atom stereocenters. The summed E-state index contributed by atoms with van der Waals surface area (Å²) in [6.07, 6.45) is -7.02. The molecule has 2 aliphatic rings. The molecule has 2 saturated heterocycles. The minimum atomic E-state index is -4.98. The molecule has 360 valence electrons. The number of aromatic amines is 2. The van der Waals surface area contributed by atoms with Crippen molar-refractivity contribution in [3.8, 4) is 0 Å². The zero-order valence-corrected chi connectivity index (χ0v) is 44.9. The standard InChI is InChI=1S/C38H66Cl3N4O14PSi3/c1-35(2,3)61(10,11)57-28-24(55-32(45-19-17-26(48)43-34(45)50)30(28)59-63(14,15)37(7,8)9)21-52-60(51,53-22-38(39,40)41)56-27-23(20-46)54-31(44-18-16-25(47)42-33(44)49)29(27)58-62(12,13)36(4,5)6/h16-19,23-24,27-32,46H,20-22H2,1-15H3,(H,42,47,49)(H,43,48,50)/t23?,24-,27-,28-,29-,30-,31-,32-,60?/m1/s1. The van der Waals surface area contributed by atoms with Gasteiger partial charge < -0.3 is 27.9 Å². The predicted molar refractivity (Wildman–Crippen MR) is 248 cm³/mol. The third-order valence-electron chi connectivity index (χ3n) is 12.7. The van der Waals surface area contributed by atoms with Crippen molar-refractivity contribution in [2.24, 2.45) is 0 Å². The van der Waals surface area contributed by atoms with Crippen LogP contribution in [0.1, 0.15) is 74.8 Å². The van der Waals surface area contributed by atoms with Gasteiger partial charge in [0.2, 0.25) is 3.79 Å². The third-order valence-corrected chi connectivity index (χ3v) is 27.9. The lowest BCUT2D eigenvalue weighted by Gasteiger charge is -2.44. The lowest BCUT2D eigenvalue weighted by molar-refractivity contribution is -0.0623. The van der Waals surface area contributed by atoms with Crippen molar-refractivity contribution < 1.29 is 46.0 Å². The average Bonchev–Trinajstić information content (AvgIpc) is 3.60. The van der Waals surface area contributed by atoms with E-state index in [1.165, 1.54) is 23.0 Å². The second-order valence-electron chi connectivity index (χ2n) is 20.6. The lowest BCUT2D eigenvalue weighted by atomic mass is 10.1. The number of halogens is 3.